The predicted molar refractivity (Wildman–Crippen MR) is 88.8 cm³/mol. The van der Waals surface area contributed by atoms with E-state index in [1.165, 1.54) is 38.2 Å². The van der Waals surface area contributed by atoms with E-state index in [9.17, 15) is 27.2 Å². The fraction of sp³-hybridized carbons (Fsp3) is 0.353. The van der Waals surface area contributed by atoms with Crippen molar-refractivity contribution >= 4 is 23.2 Å². The molecule has 1 heterocycles. The van der Waals surface area contributed by atoms with Crippen LogP contribution in [0.25, 0.3) is 0 Å². The molecule has 1 fully saturated rings. The highest BCUT2D eigenvalue weighted by Crippen LogP contribution is 2.61. The number of amides is 2. The summed E-state index contributed by atoms with van der Waals surface area (Å²) >= 11 is 0. The molecule has 3 rings (SSSR count). The number of aryl methyl sites for hydroxylation is 1. The smallest absolute Gasteiger partial charge is 0.314 e. The van der Waals surface area contributed by atoms with Gasteiger partial charge in [-0.3, -0.25) is 14.3 Å². The molecule has 0 saturated heterocycles. The Morgan fingerprint density at radius 2 is 1.70 bits per heavy atom. The molecule has 1 aliphatic carbocycles. The third-order valence-electron chi connectivity index (χ3n) is 4.56. The van der Waals surface area contributed by atoms with Crippen molar-refractivity contribution in [3.8, 4) is 0 Å². The number of carbonyl (C=O) groups is 2. The van der Waals surface area contributed by atoms with Crippen LogP contribution in [0.2, 0.25) is 0 Å². The number of aromatic nitrogens is 2. The summed E-state index contributed by atoms with van der Waals surface area (Å²) in [6, 6.07) is 5.69. The van der Waals surface area contributed by atoms with Gasteiger partial charge in [0.05, 0.1) is 11.1 Å². The molecule has 2 N–H and O–H groups in total. The van der Waals surface area contributed by atoms with E-state index in [-0.39, 0.29) is 17.8 Å². The molecule has 0 radical (unpaired) electrons. The molecule has 0 bridgehead atoms. The highest BCUT2D eigenvalue weighted by Gasteiger charge is 2.68. The molecule has 1 aromatic carbocycles. The molecule has 1 aromatic heterocycles. The number of nitrogens with one attached hydrogen (secondary N) is 2. The summed E-state index contributed by atoms with van der Waals surface area (Å²) in [4.78, 5) is 23.9. The summed E-state index contributed by atoms with van der Waals surface area (Å²) in [6.07, 6.45) is -2.01. The average Bonchev–Trinajstić information content (AvgIpc) is 2.91. The first-order chi connectivity index (χ1) is 12.5. The summed E-state index contributed by atoms with van der Waals surface area (Å²) in [6.45, 7) is 1.45. The normalized spacial score (nSPS) is 20.4. The van der Waals surface area contributed by atoms with Gasteiger partial charge in [0.1, 0.15) is 0 Å². The van der Waals surface area contributed by atoms with Gasteiger partial charge in [-0.15, -0.1) is 0 Å². The molecule has 1 atom stereocenters. The Balaban J connectivity index is 1.64. The van der Waals surface area contributed by atoms with E-state index in [0.29, 0.717) is 5.56 Å². The molecule has 0 spiro atoms. The first-order valence-electron chi connectivity index (χ1n) is 7.96. The molecular formula is C17H16F4N4O2. The number of hydrogen-bond acceptors (Lipinski definition) is 3. The van der Waals surface area contributed by atoms with Crippen molar-refractivity contribution in [1.29, 1.82) is 0 Å². The van der Waals surface area contributed by atoms with Gasteiger partial charge in [0.2, 0.25) is 0 Å². The van der Waals surface area contributed by atoms with E-state index >= 15 is 0 Å². The van der Waals surface area contributed by atoms with Crippen LogP contribution in [0.3, 0.4) is 0 Å². The maximum Gasteiger partial charge on any atom is 0.314 e. The fourth-order valence-electron chi connectivity index (χ4n) is 2.76. The Hall–Kier alpha value is -2.91. The molecule has 2 amide bonds. The van der Waals surface area contributed by atoms with Gasteiger partial charge < -0.3 is 10.6 Å². The number of nitrogens with zero attached hydrogens (tertiary/aromatic N) is 2. The van der Waals surface area contributed by atoms with Crippen LogP contribution in [0, 0.1) is 0 Å². The van der Waals surface area contributed by atoms with Crippen molar-refractivity contribution in [3.05, 3.63) is 41.7 Å². The molecule has 2 aromatic rings. The van der Waals surface area contributed by atoms with Gasteiger partial charge >= 0.3 is 11.8 Å². The zero-order valence-electron chi connectivity index (χ0n) is 14.4. The second-order valence-corrected chi connectivity index (χ2v) is 6.60. The van der Waals surface area contributed by atoms with Gasteiger partial charge in [-0.05, 0) is 24.6 Å². The van der Waals surface area contributed by atoms with Crippen LogP contribution in [-0.4, -0.2) is 27.5 Å². The van der Waals surface area contributed by atoms with Crippen molar-refractivity contribution in [1.82, 2.24) is 9.78 Å². The van der Waals surface area contributed by atoms with E-state index in [0.717, 1.165) is 10.9 Å². The van der Waals surface area contributed by atoms with Crippen LogP contribution in [0.4, 0.5) is 28.9 Å². The molecule has 1 saturated carbocycles. The fourth-order valence-corrected chi connectivity index (χ4v) is 2.76. The van der Waals surface area contributed by atoms with Crippen LogP contribution >= 0.6 is 0 Å². The second-order valence-electron chi connectivity index (χ2n) is 6.60. The molecule has 27 heavy (non-hydrogen) atoms. The summed E-state index contributed by atoms with van der Waals surface area (Å²) in [5, 5.41) is 7.88. The highest BCUT2D eigenvalue weighted by molar-refractivity contribution is 6.43. The van der Waals surface area contributed by atoms with E-state index in [2.05, 4.69) is 15.7 Å². The predicted octanol–water partition coefficient (Wildman–Crippen LogP) is 3.23. The largest absolute Gasteiger partial charge is 0.318 e. The van der Waals surface area contributed by atoms with Gasteiger partial charge in [-0.2, -0.15) is 5.10 Å². The lowest BCUT2D eigenvalue weighted by Gasteiger charge is -2.12. The Kier molecular flexibility index (Phi) is 4.44. The van der Waals surface area contributed by atoms with E-state index < -0.39 is 35.3 Å². The number of carbonyl (C=O) groups excluding carboxylic acids is 2. The van der Waals surface area contributed by atoms with Gasteiger partial charge in [0.15, 0.2) is 5.69 Å². The molecule has 6 nitrogen and oxygen atoms in total. The van der Waals surface area contributed by atoms with Crippen molar-refractivity contribution in [3.63, 3.8) is 0 Å². The summed E-state index contributed by atoms with van der Waals surface area (Å²) in [5.41, 5.74) is -1.51. The van der Waals surface area contributed by atoms with Crippen molar-refractivity contribution < 1.29 is 27.2 Å². The zero-order chi connectivity index (χ0) is 20.0. The van der Waals surface area contributed by atoms with Gasteiger partial charge in [0, 0.05) is 25.4 Å². The third-order valence-corrected chi connectivity index (χ3v) is 4.56. The topological polar surface area (TPSA) is 76.0 Å². The standard InChI is InChI=1S/C17H16F4N4O2/c1-16(8-17(16,20)21)9-3-5-10(6-4-9)22-14(26)15(27)23-11-7-25(2)24-12(11)13(18)19/h3-7,13H,8H2,1-2H3,(H,22,26)(H,23,27). The number of rotatable bonds is 4. The van der Waals surface area contributed by atoms with Crippen molar-refractivity contribution in [2.45, 2.75) is 31.1 Å². The Morgan fingerprint density at radius 1 is 1.15 bits per heavy atom. The molecule has 0 aliphatic heterocycles. The van der Waals surface area contributed by atoms with Crippen molar-refractivity contribution in [2.24, 2.45) is 7.05 Å². The molecule has 1 aliphatic rings. The quantitative estimate of drug-likeness (QED) is 0.628. The maximum atomic E-state index is 13.4. The first kappa shape index (κ1) is 18.9. The van der Waals surface area contributed by atoms with Crippen molar-refractivity contribution in [2.75, 3.05) is 10.6 Å². The summed E-state index contributed by atoms with van der Waals surface area (Å²) in [5.74, 6) is -5.01. The SMILES string of the molecule is Cn1cc(NC(=O)C(=O)Nc2ccc(C3(C)CC3(F)F)cc2)c(C(F)F)n1. The lowest BCUT2D eigenvalue weighted by atomic mass is 9.97. The molecular weight excluding hydrogens is 368 g/mol. The minimum Gasteiger partial charge on any atom is -0.318 e. The van der Waals surface area contributed by atoms with Crippen LogP contribution < -0.4 is 10.6 Å². The van der Waals surface area contributed by atoms with Gasteiger partial charge in [-0.1, -0.05) is 12.1 Å². The minimum atomic E-state index is -2.92. The van der Waals surface area contributed by atoms with E-state index in [1.807, 2.05) is 0 Å². The number of alkyl halides is 4. The average molecular weight is 384 g/mol. The van der Waals surface area contributed by atoms with Crippen LogP contribution in [0.5, 0.6) is 0 Å². The monoisotopic (exact) mass is 384 g/mol. The second kappa shape index (κ2) is 6.36. The Labute approximate surface area is 151 Å². The first-order valence-corrected chi connectivity index (χ1v) is 7.96. The lowest BCUT2D eigenvalue weighted by Crippen LogP contribution is -2.29. The van der Waals surface area contributed by atoms with Gasteiger partial charge in [0.25, 0.3) is 12.3 Å². The third kappa shape index (κ3) is 3.51. The lowest BCUT2D eigenvalue weighted by molar-refractivity contribution is -0.133. The van der Waals surface area contributed by atoms with Crippen LogP contribution in [-0.2, 0) is 22.1 Å². The number of anilines is 2. The zero-order valence-corrected chi connectivity index (χ0v) is 14.4. The Morgan fingerprint density at radius 3 is 2.22 bits per heavy atom. The Bertz CT molecular complexity index is 895. The minimum absolute atomic E-state index is 0.215. The van der Waals surface area contributed by atoms with Gasteiger partial charge in [-0.25, -0.2) is 17.6 Å². The van der Waals surface area contributed by atoms with E-state index in [1.54, 1.807) is 0 Å². The number of hydrogen-bond donors (Lipinski definition) is 2. The molecule has 144 valence electrons. The van der Waals surface area contributed by atoms with Crippen LogP contribution in [0.15, 0.2) is 30.5 Å². The number of benzene rings is 1. The maximum absolute atomic E-state index is 13.4. The summed E-state index contributed by atoms with van der Waals surface area (Å²) < 4.78 is 53.6. The number of halogens is 4. The molecule has 10 heteroatoms. The van der Waals surface area contributed by atoms with Crippen LogP contribution in [0.1, 0.15) is 31.0 Å². The molecule has 1 unspecified atom stereocenters. The van der Waals surface area contributed by atoms with E-state index in [4.69, 9.17) is 0 Å². The highest BCUT2D eigenvalue weighted by atomic mass is 19.3. The summed E-state index contributed by atoms with van der Waals surface area (Å²) in [7, 11) is 1.40.